The van der Waals surface area contributed by atoms with E-state index in [0.717, 1.165) is 38.1 Å². The molecule has 2 aliphatic rings. The van der Waals surface area contributed by atoms with Crippen molar-refractivity contribution in [3.8, 4) is 0 Å². The molecular weight excluding hydrogens is 373 g/mol. The molecule has 0 radical (unpaired) electrons. The van der Waals surface area contributed by atoms with Gasteiger partial charge in [0.1, 0.15) is 0 Å². The number of nitrogens with zero attached hydrogens (tertiary/aromatic N) is 3. The van der Waals surface area contributed by atoms with Gasteiger partial charge < -0.3 is 4.90 Å². The zero-order chi connectivity index (χ0) is 17.6. The molecule has 0 spiro atoms. The lowest BCUT2D eigenvalue weighted by molar-refractivity contribution is -0.664. The summed E-state index contributed by atoms with van der Waals surface area (Å²) in [5.41, 5.74) is 3.73. The molecule has 4 rings (SSSR count). The fraction of sp³-hybridized carbons (Fsp3) is 0.421. The molecule has 1 aromatic heterocycles. The highest BCUT2D eigenvalue weighted by atomic mass is 35.5. The average molecular weight is 395 g/mol. The van der Waals surface area contributed by atoms with Crippen LogP contribution in [0, 0.1) is 0 Å². The van der Waals surface area contributed by atoms with Crippen LogP contribution < -0.4 is 4.57 Å². The molecule has 1 fully saturated rings. The maximum atomic E-state index is 6.27. The van der Waals surface area contributed by atoms with Gasteiger partial charge in [0, 0.05) is 43.0 Å². The molecule has 0 unspecified atom stereocenters. The first-order valence-electron chi connectivity index (χ1n) is 8.84. The van der Waals surface area contributed by atoms with Gasteiger partial charge in [0.2, 0.25) is 0 Å². The van der Waals surface area contributed by atoms with Gasteiger partial charge in [0.05, 0.1) is 28.2 Å². The Balaban J connectivity index is 1.82. The molecule has 0 atom stereocenters. The number of thioether (sulfide) groups is 1. The Morgan fingerprint density at radius 1 is 1.16 bits per heavy atom. The highest BCUT2D eigenvalue weighted by molar-refractivity contribution is 8.03. The van der Waals surface area contributed by atoms with E-state index in [0.29, 0.717) is 10.0 Å². The molecule has 25 heavy (non-hydrogen) atoms. The van der Waals surface area contributed by atoms with Crippen molar-refractivity contribution < 1.29 is 4.57 Å². The molecule has 2 aromatic rings. The summed E-state index contributed by atoms with van der Waals surface area (Å²) in [6, 6.07) is 4.00. The van der Waals surface area contributed by atoms with Crippen molar-refractivity contribution in [2.24, 2.45) is 0 Å². The van der Waals surface area contributed by atoms with E-state index in [9.17, 15) is 0 Å². The summed E-state index contributed by atoms with van der Waals surface area (Å²) >= 11 is 14.5. The predicted octanol–water partition coefficient (Wildman–Crippen LogP) is 4.95. The number of aryl methyl sites for hydroxylation is 2. The van der Waals surface area contributed by atoms with E-state index in [4.69, 9.17) is 23.2 Å². The predicted molar refractivity (Wildman–Crippen MR) is 108 cm³/mol. The van der Waals surface area contributed by atoms with Gasteiger partial charge in [-0.05, 0) is 26.0 Å². The molecule has 3 heterocycles. The lowest BCUT2D eigenvalue weighted by atomic mass is 10.2. The van der Waals surface area contributed by atoms with Gasteiger partial charge in [0.25, 0.3) is 5.82 Å². The third-order valence-electron chi connectivity index (χ3n) is 5.05. The van der Waals surface area contributed by atoms with Crippen LogP contribution in [0.3, 0.4) is 0 Å². The van der Waals surface area contributed by atoms with Crippen LogP contribution in [0.5, 0.6) is 0 Å². The second-order valence-electron chi connectivity index (χ2n) is 6.35. The van der Waals surface area contributed by atoms with Crippen molar-refractivity contribution in [3.05, 3.63) is 45.2 Å². The van der Waals surface area contributed by atoms with Gasteiger partial charge in [-0.1, -0.05) is 23.2 Å². The Kier molecular flexibility index (Phi) is 4.78. The van der Waals surface area contributed by atoms with Crippen molar-refractivity contribution in [2.75, 3.05) is 18.8 Å². The number of allylic oxidation sites excluding steroid dienone is 3. The summed E-state index contributed by atoms with van der Waals surface area (Å²) < 4.78 is 4.74. The molecule has 132 valence electrons. The van der Waals surface area contributed by atoms with Crippen LogP contribution in [0.1, 0.15) is 26.1 Å². The Morgan fingerprint density at radius 2 is 1.96 bits per heavy atom. The van der Waals surface area contributed by atoms with Gasteiger partial charge >= 0.3 is 0 Å². The van der Waals surface area contributed by atoms with Crippen molar-refractivity contribution >= 4 is 51.6 Å². The summed E-state index contributed by atoms with van der Waals surface area (Å²) in [5.74, 6) is 2.48. The minimum atomic E-state index is 0.620. The van der Waals surface area contributed by atoms with Gasteiger partial charge in [-0.25, -0.2) is 9.13 Å². The Morgan fingerprint density at radius 3 is 2.72 bits per heavy atom. The van der Waals surface area contributed by atoms with Crippen LogP contribution >= 0.6 is 35.0 Å². The number of benzene rings is 1. The molecule has 3 nitrogen and oxygen atoms in total. The number of fused-ring (bicyclic) bond motifs is 3. The molecule has 1 aromatic carbocycles. The topological polar surface area (TPSA) is 12.1 Å². The van der Waals surface area contributed by atoms with Crippen LogP contribution in [0.15, 0.2) is 29.3 Å². The zero-order valence-electron chi connectivity index (χ0n) is 14.6. The minimum absolute atomic E-state index is 0.620. The molecule has 2 aliphatic heterocycles. The first kappa shape index (κ1) is 17.3. The van der Waals surface area contributed by atoms with E-state index in [1.54, 1.807) is 0 Å². The molecule has 0 N–H and O–H groups in total. The van der Waals surface area contributed by atoms with E-state index in [-0.39, 0.29) is 0 Å². The quantitative estimate of drug-likeness (QED) is 0.682. The van der Waals surface area contributed by atoms with E-state index in [1.807, 2.05) is 23.9 Å². The van der Waals surface area contributed by atoms with Crippen molar-refractivity contribution in [1.82, 2.24) is 9.47 Å². The molecular formula is C19H22Cl2N3S+. The number of hydrogen-bond acceptors (Lipinski definition) is 2. The zero-order valence-corrected chi connectivity index (χ0v) is 16.9. The third-order valence-corrected chi connectivity index (χ3v) is 6.85. The Hall–Kier alpha value is -1.10. The van der Waals surface area contributed by atoms with E-state index >= 15 is 0 Å². The van der Waals surface area contributed by atoms with Gasteiger partial charge in [0.15, 0.2) is 11.0 Å². The third kappa shape index (κ3) is 2.88. The van der Waals surface area contributed by atoms with Gasteiger partial charge in [-0.15, -0.1) is 11.8 Å². The summed E-state index contributed by atoms with van der Waals surface area (Å²) in [7, 11) is 0. The number of imidazole rings is 1. The summed E-state index contributed by atoms with van der Waals surface area (Å²) in [5, 5.41) is 2.63. The Bertz CT molecular complexity index is 877. The second-order valence-corrected chi connectivity index (χ2v) is 8.28. The number of aromatic nitrogens is 2. The largest absolute Gasteiger partial charge is 0.366 e. The lowest BCUT2D eigenvalue weighted by Gasteiger charge is -2.15. The molecule has 0 aliphatic carbocycles. The smallest absolute Gasteiger partial charge is 0.285 e. The minimum Gasteiger partial charge on any atom is -0.366 e. The van der Waals surface area contributed by atoms with Crippen molar-refractivity contribution in [2.45, 2.75) is 33.4 Å². The summed E-state index contributed by atoms with van der Waals surface area (Å²) in [6.07, 6.45) is 5.67. The maximum absolute atomic E-state index is 6.27. The SMILES string of the molecule is CCN1CCSC1=CC=C1CC[n+]2c1n(CC)c1cc(Cl)c(Cl)cc12. The standard InChI is InChI=1S/C19H22Cl2N3S/c1-3-22-9-10-25-18(22)6-5-13-7-8-24-17-12-15(21)14(20)11-16(17)23(4-2)19(13)24/h5-6,11-12H,3-4,7-10H2,1-2H3/q+1. The highest BCUT2D eigenvalue weighted by Gasteiger charge is 2.32. The molecule has 1 saturated heterocycles. The fourth-order valence-electron chi connectivity index (χ4n) is 3.83. The fourth-order valence-corrected chi connectivity index (χ4v) is 5.23. The van der Waals surface area contributed by atoms with Crippen molar-refractivity contribution in [1.29, 1.82) is 0 Å². The van der Waals surface area contributed by atoms with Crippen LogP contribution in [-0.4, -0.2) is 28.3 Å². The van der Waals surface area contributed by atoms with Crippen LogP contribution in [0.25, 0.3) is 16.6 Å². The molecule has 0 saturated carbocycles. The Labute approximate surface area is 162 Å². The molecule has 6 heteroatoms. The first-order valence-corrected chi connectivity index (χ1v) is 10.6. The van der Waals surface area contributed by atoms with Crippen LogP contribution in [0.4, 0.5) is 0 Å². The second kappa shape index (κ2) is 6.90. The summed E-state index contributed by atoms with van der Waals surface area (Å²) in [6.45, 7) is 8.55. The summed E-state index contributed by atoms with van der Waals surface area (Å²) in [4.78, 5) is 2.44. The number of hydrogen-bond donors (Lipinski definition) is 0. The highest BCUT2D eigenvalue weighted by Crippen LogP contribution is 2.33. The van der Waals surface area contributed by atoms with E-state index in [2.05, 4.69) is 40.0 Å². The van der Waals surface area contributed by atoms with Gasteiger partial charge in [-0.2, -0.15) is 0 Å². The number of rotatable bonds is 3. The first-order chi connectivity index (χ1) is 12.1. The monoisotopic (exact) mass is 394 g/mol. The number of halogens is 2. The molecule has 0 amide bonds. The van der Waals surface area contributed by atoms with Crippen LogP contribution in [-0.2, 0) is 13.1 Å². The van der Waals surface area contributed by atoms with E-state index < -0.39 is 0 Å². The van der Waals surface area contributed by atoms with Crippen LogP contribution in [0.2, 0.25) is 10.0 Å². The van der Waals surface area contributed by atoms with Crippen molar-refractivity contribution in [3.63, 3.8) is 0 Å². The van der Waals surface area contributed by atoms with Gasteiger partial charge in [-0.3, -0.25) is 0 Å². The van der Waals surface area contributed by atoms with E-state index in [1.165, 1.54) is 27.7 Å². The molecule has 0 bridgehead atoms. The normalized spacial score (nSPS) is 20.4. The average Bonchev–Trinajstić information content (AvgIpc) is 3.29. The lowest BCUT2D eigenvalue weighted by Crippen LogP contribution is -2.31. The maximum Gasteiger partial charge on any atom is 0.285 e.